The lowest BCUT2D eigenvalue weighted by molar-refractivity contribution is -0.384. The van der Waals surface area contributed by atoms with E-state index in [-0.39, 0.29) is 35.6 Å². The number of nitro groups is 1. The van der Waals surface area contributed by atoms with Crippen LogP contribution in [-0.2, 0) is 19.6 Å². The number of benzene rings is 1. The third kappa shape index (κ3) is 3.90. The van der Waals surface area contributed by atoms with Gasteiger partial charge >= 0.3 is 6.09 Å². The molecule has 1 saturated heterocycles. The molecule has 1 aromatic carbocycles. The third-order valence-corrected chi connectivity index (χ3v) is 5.78. The Morgan fingerprint density at radius 1 is 1.42 bits per heavy atom. The van der Waals surface area contributed by atoms with Gasteiger partial charge in [-0.2, -0.15) is 4.31 Å². The number of hydrogen-bond donors (Lipinski definition) is 0. The second-order valence-corrected chi connectivity index (χ2v) is 7.51. The van der Waals surface area contributed by atoms with Crippen molar-refractivity contribution in [2.24, 2.45) is 0 Å². The van der Waals surface area contributed by atoms with Crippen LogP contribution in [-0.4, -0.2) is 41.7 Å². The fraction of sp³-hybridized carbons (Fsp3) is 0.375. The van der Waals surface area contributed by atoms with E-state index < -0.39 is 33.2 Å². The lowest BCUT2D eigenvalue weighted by atomic mass is 10.0. The molecule has 1 amide bonds. The molecule has 140 valence electrons. The maximum atomic E-state index is 12.8. The minimum atomic E-state index is -4.29. The van der Waals surface area contributed by atoms with Gasteiger partial charge in [-0.05, 0) is 12.1 Å². The number of carbonyl (C=O) groups is 2. The van der Waals surface area contributed by atoms with Crippen LogP contribution in [0.15, 0.2) is 41.8 Å². The van der Waals surface area contributed by atoms with E-state index in [1.165, 1.54) is 6.08 Å². The summed E-state index contributed by atoms with van der Waals surface area (Å²) in [5, 5.41) is 10.7. The zero-order valence-corrected chi connectivity index (χ0v) is 14.8. The van der Waals surface area contributed by atoms with Crippen LogP contribution in [0.25, 0.3) is 0 Å². The van der Waals surface area contributed by atoms with Gasteiger partial charge in [-0.25, -0.2) is 13.2 Å². The Kier molecular flexibility index (Phi) is 5.76. The Labute approximate surface area is 150 Å². The number of ketones is 1. The first-order valence-corrected chi connectivity index (χ1v) is 9.28. The normalized spacial score (nSPS) is 20.3. The lowest BCUT2D eigenvalue weighted by Crippen LogP contribution is -2.51. The number of rotatable bonds is 7. The van der Waals surface area contributed by atoms with E-state index in [9.17, 15) is 28.1 Å². The summed E-state index contributed by atoms with van der Waals surface area (Å²) in [6, 6.07) is 3.29. The van der Waals surface area contributed by atoms with E-state index in [0.29, 0.717) is 4.31 Å². The zero-order valence-electron chi connectivity index (χ0n) is 14.0. The molecule has 9 nitrogen and oxygen atoms in total. The summed E-state index contributed by atoms with van der Waals surface area (Å²) in [5.41, 5.74) is -0.274. The average Bonchev–Trinajstić information content (AvgIpc) is 2.60. The molecular weight excluding hydrogens is 364 g/mol. The van der Waals surface area contributed by atoms with Gasteiger partial charge in [0.25, 0.3) is 15.7 Å². The first-order valence-electron chi connectivity index (χ1n) is 7.84. The molecular formula is C16H18N2O7S. The van der Waals surface area contributed by atoms with Crippen molar-refractivity contribution in [3.8, 4) is 0 Å². The summed E-state index contributed by atoms with van der Waals surface area (Å²) in [6.45, 7) is 5.24. The molecule has 0 radical (unpaired) electrons. The number of hydrogen-bond acceptors (Lipinski definition) is 7. The Hall–Kier alpha value is -2.75. The topological polar surface area (TPSA) is 124 Å². The lowest BCUT2D eigenvalue weighted by Gasteiger charge is -2.36. The highest BCUT2D eigenvalue weighted by Gasteiger charge is 2.42. The van der Waals surface area contributed by atoms with Crippen LogP contribution in [0.1, 0.15) is 26.2 Å². The van der Waals surface area contributed by atoms with Gasteiger partial charge < -0.3 is 4.74 Å². The molecule has 2 rings (SSSR count). The fourth-order valence-corrected chi connectivity index (χ4v) is 4.06. The summed E-state index contributed by atoms with van der Waals surface area (Å²) in [4.78, 5) is 33.6. The van der Waals surface area contributed by atoms with Crippen LogP contribution in [0, 0.1) is 10.1 Å². The van der Waals surface area contributed by atoms with Crippen LogP contribution in [0.3, 0.4) is 0 Å². The molecule has 1 fully saturated rings. The van der Waals surface area contributed by atoms with Crippen molar-refractivity contribution < 1.29 is 27.7 Å². The van der Waals surface area contributed by atoms with Gasteiger partial charge in [-0.1, -0.05) is 13.0 Å². The standard InChI is InChI=1S/C16H18N2O7S/c1-3-11-9-14(10-13(19)4-2)25-16(20)17(11)26(23,24)15-7-5-12(6-8-15)18(21)22/h3,5-8,11,14H,1,4,9-10H2,2H3/t11-,14-/m1/s1. The van der Waals surface area contributed by atoms with Crippen LogP contribution in [0.2, 0.25) is 0 Å². The molecule has 2 atom stereocenters. The Balaban J connectivity index is 2.30. The molecule has 1 heterocycles. The van der Waals surface area contributed by atoms with Gasteiger partial charge in [0.05, 0.1) is 15.9 Å². The van der Waals surface area contributed by atoms with Crippen molar-refractivity contribution in [2.75, 3.05) is 0 Å². The number of ether oxygens (including phenoxy) is 1. The summed E-state index contributed by atoms with van der Waals surface area (Å²) < 4.78 is 31.2. The number of amides is 1. The molecule has 26 heavy (non-hydrogen) atoms. The molecule has 10 heteroatoms. The fourth-order valence-electron chi connectivity index (χ4n) is 2.59. The van der Waals surface area contributed by atoms with E-state index in [4.69, 9.17) is 4.74 Å². The zero-order chi connectivity index (χ0) is 19.5. The maximum Gasteiger partial charge on any atom is 0.424 e. The summed E-state index contributed by atoms with van der Waals surface area (Å²) >= 11 is 0. The summed E-state index contributed by atoms with van der Waals surface area (Å²) in [7, 11) is -4.29. The molecule has 0 N–H and O–H groups in total. The van der Waals surface area contributed by atoms with Gasteiger partial charge in [0.1, 0.15) is 11.9 Å². The van der Waals surface area contributed by atoms with E-state index in [2.05, 4.69) is 6.58 Å². The van der Waals surface area contributed by atoms with Gasteiger partial charge in [-0.3, -0.25) is 14.9 Å². The van der Waals surface area contributed by atoms with E-state index >= 15 is 0 Å². The highest BCUT2D eigenvalue weighted by atomic mass is 32.2. The number of sulfonamides is 1. The Bertz CT molecular complexity index is 833. The first kappa shape index (κ1) is 19.6. The third-order valence-electron chi connectivity index (χ3n) is 3.98. The van der Waals surface area contributed by atoms with Crippen LogP contribution in [0.5, 0.6) is 0 Å². The molecule has 1 aromatic rings. The van der Waals surface area contributed by atoms with Crippen LogP contribution >= 0.6 is 0 Å². The molecule has 0 aromatic heterocycles. The van der Waals surface area contributed by atoms with Gasteiger partial charge in [0.15, 0.2) is 0 Å². The quantitative estimate of drug-likeness (QED) is 0.403. The van der Waals surface area contributed by atoms with Crippen LogP contribution in [0.4, 0.5) is 10.5 Å². The van der Waals surface area contributed by atoms with Gasteiger partial charge in [-0.15, -0.1) is 6.58 Å². The van der Waals surface area contributed by atoms with Crippen molar-refractivity contribution in [3.05, 3.63) is 47.0 Å². The van der Waals surface area contributed by atoms with E-state index in [1.54, 1.807) is 6.92 Å². The van der Waals surface area contributed by atoms with Crippen molar-refractivity contribution in [2.45, 2.75) is 43.2 Å². The van der Waals surface area contributed by atoms with Crippen molar-refractivity contribution >= 4 is 27.6 Å². The van der Waals surface area contributed by atoms with Crippen molar-refractivity contribution in [1.82, 2.24) is 4.31 Å². The number of Topliss-reactive ketones (excluding diaryl/α,β-unsaturated/α-hetero) is 1. The smallest absolute Gasteiger partial charge is 0.424 e. The summed E-state index contributed by atoms with van der Waals surface area (Å²) in [5.74, 6) is -0.0997. The predicted molar refractivity (Wildman–Crippen MR) is 90.9 cm³/mol. The second kappa shape index (κ2) is 7.65. The maximum absolute atomic E-state index is 12.8. The average molecular weight is 382 g/mol. The molecule has 1 aliphatic rings. The largest absolute Gasteiger partial charge is 0.445 e. The first-order chi connectivity index (χ1) is 12.2. The highest BCUT2D eigenvalue weighted by molar-refractivity contribution is 7.89. The molecule has 0 saturated carbocycles. The van der Waals surface area contributed by atoms with Crippen LogP contribution < -0.4 is 0 Å². The number of cyclic esters (lactones) is 1. The second-order valence-electron chi connectivity index (χ2n) is 5.69. The number of nitro benzene ring substituents is 1. The molecule has 0 bridgehead atoms. The van der Waals surface area contributed by atoms with Crippen molar-refractivity contribution in [3.63, 3.8) is 0 Å². The molecule has 1 aliphatic heterocycles. The predicted octanol–water partition coefficient (Wildman–Crippen LogP) is 2.42. The number of nitrogens with zero attached hydrogens (tertiary/aromatic N) is 2. The number of carbonyl (C=O) groups excluding carboxylic acids is 2. The molecule has 0 aliphatic carbocycles. The Morgan fingerprint density at radius 3 is 2.54 bits per heavy atom. The highest BCUT2D eigenvalue weighted by Crippen LogP contribution is 2.29. The van der Waals surface area contributed by atoms with Gasteiger partial charge in [0, 0.05) is 31.4 Å². The monoisotopic (exact) mass is 382 g/mol. The van der Waals surface area contributed by atoms with E-state index in [0.717, 1.165) is 24.3 Å². The Morgan fingerprint density at radius 2 is 2.04 bits per heavy atom. The molecule has 0 spiro atoms. The SMILES string of the molecule is C=C[C@@H]1C[C@H](CC(=O)CC)OC(=O)N1S(=O)(=O)c1ccc([N+](=O)[O-])cc1. The van der Waals surface area contributed by atoms with Gasteiger partial charge in [0.2, 0.25) is 0 Å². The minimum Gasteiger partial charge on any atom is -0.445 e. The minimum absolute atomic E-state index is 0.0119. The van der Waals surface area contributed by atoms with Crippen molar-refractivity contribution in [1.29, 1.82) is 0 Å². The summed E-state index contributed by atoms with van der Waals surface area (Å²) in [6.07, 6.45) is -0.120. The van der Waals surface area contributed by atoms with E-state index in [1.807, 2.05) is 0 Å². The molecule has 0 unspecified atom stereocenters. The number of non-ortho nitro benzene ring substituents is 1.